The molecule has 0 amide bonds. The Labute approximate surface area is 111 Å². The van der Waals surface area contributed by atoms with Crippen LogP contribution in [0.15, 0.2) is 6.07 Å². The molecule has 0 bridgehead atoms. The van der Waals surface area contributed by atoms with Crippen molar-refractivity contribution >= 4 is 0 Å². The van der Waals surface area contributed by atoms with Crippen LogP contribution in [0.4, 0.5) is 0 Å². The number of ether oxygens (including phenoxy) is 1. The molecule has 1 aromatic rings. The lowest BCUT2D eigenvalue weighted by Gasteiger charge is -2.17. The van der Waals surface area contributed by atoms with Crippen LogP contribution in [0.3, 0.4) is 0 Å². The predicted molar refractivity (Wildman–Crippen MR) is 76.1 cm³/mol. The zero-order chi connectivity index (χ0) is 13.5. The number of hydrogen-bond donors (Lipinski definition) is 1. The quantitative estimate of drug-likeness (QED) is 0.753. The molecule has 18 heavy (non-hydrogen) atoms. The molecule has 0 aliphatic heterocycles. The van der Waals surface area contributed by atoms with Gasteiger partial charge in [0.2, 0.25) is 5.88 Å². The van der Waals surface area contributed by atoms with E-state index in [2.05, 4.69) is 44.1 Å². The van der Waals surface area contributed by atoms with Crippen molar-refractivity contribution in [3.05, 3.63) is 22.9 Å². The molecule has 3 nitrogen and oxygen atoms in total. The van der Waals surface area contributed by atoms with Gasteiger partial charge >= 0.3 is 0 Å². The van der Waals surface area contributed by atoms with Crippen LogP contribution < -0.4 is 10.1 Å². The average molecular weight is 250 g/mol. The van der Waals surface area contributed by atoms with Gasteiger partial charge in [0.25, 0.3) is 0 Å². The van der Waals surface area contributed by atoms with Crippen molar-refractivity contribution in [3.63, 3.8) is 0 Å². The Morgan fingerprint density at radius 2 is 2.06 bits per heavy atom. The van der Waals surface area contributed by atoms with E-state index in [0.717, 1.165) is 37.5 Å². The molecule has 0 aliphatic rings. The van der Waals surface area contributed by atoms with E-state index in [1.165, 1.54) is 11.1 Å². The third-order valence-electron chi connectivity index (χ3n) is 3.05. The van der Waals surface area contributed by atoms with E-state index in [1.54, 1.807) is 0 Å². The average Bonchev–Trinajstić information content (AvgIpc) is 2.32. The molecule has 0 spiro atoms. The van der Waals surface area contributed by atoms with E-state index in [4.69, 9.17) is 4.74 Å². The van der Waals surface area contributed by atoms with Gasteiger partial charge in [-0.1, -0.05) is 13.8 Å². The fourth-order valence-electron chi connectivity index (χ4n) is 1.81. The lowest BCUT2D eigenvalue weighted by atomic mass is 10.1. The summed E-state index contributed by atoms with van der Waals surface area (Å²) in [5, 5.41) is 3.42. The first-order chi connectivity index (χ1) is 8.58. The molecule has 1 unspecified atom stereocenters. The topological polar surface area (TPSA) is 34.2 Å². The SMILES string of the molecule is CCCNCc1c(C)cc(C)nc1OC(C)CC. The maximum absolute atomic E-state index is 5.94. The molecular weight excluding hydrogens is 224 g/mol. The standard InChI is InChI=1S/C15H26N2O/c1-6-8-16-10-14-11(3)9-12(4)17-15(14)18-13(5)7-2/h9,13,16H,6-8,10H2,1-5H3. The van der Waals surface area contributed by atoms with Crippen LogP contribution >= 0.6 is 0 Å². The number of aromatic nitrogens is 1. The van der Waals surface area contributed by atoms with E-state index in [9.17, 15) is 0 Å². The van der Waals surface area contributed by atoms with Crippen LogP contribution in [0.1, 0.15) is 50.4 Å². The first-order valence-electron chi connectivity index (χ1n) is 6.92. The summed E-state index contributed by atoms with van der Waals surface area (Å²) in [6.07, 6.45) is 2.35. The highest BCUT2D eigenvalue weighted by Crippen LogP contribution is 2.22. The van der Waals surface area contributed by atoms with Gasteiger partial charge in [-0.05, 0) is 51.8 Å². The summed E-state index contributed by atoms with van der Waals surface area (Å²) in [6.45, 7) is 12.4. The van der Waals surface area contributed by atoms with Crippen molar-refractivity contribution < 1.29 is 4.74 Å². The largest absolute Gasteiger partial charge is 0.474 e. The Bertz CT molecular complexity index is 377. The molecule has 0 saturated heterocycles. The van der Waals surface area contributed by atoms with Crippen LogP contribution in [0, 0.1) is 13.8 Å². The van der Waals surface area contributed by atoms with Gasteiger partial charge < -0.3 is 10.1 Å². The summed E-state index contributed by atoms with van der Waals surface area (Å²) in [4.78, 5) is 4.54. The molecule has 0 aromatic carbocycles. The van der Waals surface area contributed by atoms with Gasteiger partial charge in [-0.2, -0.15) is 0 Å². The van der Waals surface area contributed by atoms with Gasteiger partial charge in [0.15, 0.2) is 0 Å². The van der Waals surface area contributed by atoms with Crippen molar-refractivity contribution in [1.29, 1.82) is 0 Å². The summed E-state index contributed by atoms with van der Waals surface area (Å²) >= 11 is 0. The Kier molecular flexibility index (Phi) is 6.13. The first kappa shape index (κ1) is 15.0. The summed E-state index contributed by atoms with van der Waals surface area (Å²) in [7, 11) is 0. The fourth-order valence-corrected chi connectivity index (χ4v) is 1.81. The van der Waals surface area contributed by atoms with Gasteiger partial charge in [0.05, 0.1) is 6.10 Å². The second-order valence-corrected chi connectivity index (χ2v) is 4.88. The monoisotopic (exact) mass is 250 g/mol. The van der Waals surface area contributed by atoms with Crippen LogP contribution in [0.5, 0.6) is 5.88 Å². The lowest BCUT2D eigenvalue weighted by Crippen LogP contribution is -2.19. The minimum Gasteiger partial charge on any atom is -0.474 e. The van der Waals surface area contributed by atoms with Crippen molar-refractivity contribution in [2.45, 2.75) is 60.1 Å². The molecule has 0 saturated carbocycles. The van der Waals surface area contributed by atoms with Crippen molar-refractivity contribution in [2.24, 2.45) is 0 Å². The van der Waals surface area contributed by atoms with Gasteiger partial charge in [-0.15, -0.1) is 0 Å². The molecule has 102 valence electrons. The minimum absolute atomic E-state index is 0.212. The number of rotatable bonds is 7. The van der Waals surface area contributed by atoms with E-state index in [0.29, 0.717) is 0 Å². The molecule has 0 fully saturated rings. The first-order valence-corrected chi connectivity index (χ1v) is 6.92. The summed E-state index contributed by atoms with van der Waals surface area (Å²) in [6, 6.07) is 2.12. The van der Waals surface area contributed by atoms with Crippen LogP contribution in [0.2, 0.25) is 0 Å². The van der Waals surface area contributed by atoms with Gasteiger partial charge in [-0.25, -0.2) is 4.98 Å². The predicted octanol–water partition coefficient (Wildman–Crippen LogP) is 3.38. The maximum atomic E-state index is 5.94. The third-order valence-corrected chi connectivity index (χ3v) is 3.05. The molecule has 0 radical (unpaired) electrons. The molecule has 1 heterocycles. The Hall–Kier alpha value is -1.09. The van der Waals surface area contributed by atoms with E-state index in [-0.39, 0.29) is 6.10 Å². The van der Waals surface area contributed by atoms with Crippen LogP contribution in [0.25, 0.3) is 0 Å². The Balaban J connectivity index is 2.89. The normalized spacial score (nSPS) is 12.5. The second-order valence-electron chi connectivity index (χ2n) is 4.88. The zero-order valence-electron chi connectivity index (χ0n) is 12.3. The molecule has 0 aliphatic carbocycles. The Morgan fingerprint density at radius 3 is 2.67 bits per heavy atom. The molecule has 3 heteroatoms. The number of aryl methyl sites for hydroxylation is 2. The summed E-state index contributed by atoms with van der Waals surface area (Å²) in [5.74, 6) is 0.797. The zero-order valence-corrected chi connectivity index (χ0v) is 12.3. The van der Waals surface area contributed by atoms with E-state index in [1.807, 2.05) is 6.92 Å². The molecule has 1 atom stereocenters. The number of hydrogen-bond acceptors (Lipinski definition) is 3. The van der Waals surface area contributed by atoms with Crippen molar-refractivity contribution in [2.75, 3.05) is 6.54 Å². The Morgan fingerprint density at radius 1 is 1.33 bits per heavy atom. The van der Waals surface area contributed by atoms with Gasteiger partial charge in [-0.3, -0.25) is 0 Å². The lowest BCUT2D eigenvalue weighted by molar-refractivity contribution is 0.205. The molecule has 1 N–H and O–H groups in total. The van der Waals surface area contributed by atoms with Crippen molar-refractivity contribution in [1.82, 2.24) is 10.3 Å². The maximum Gasteiger partial charge on any atom is 0.218 e. The van der Waals surface area contributed by atoms with Crippen LogP contribution in [-0.2, 0) is 6.54 Å². The molecule has 1 rings (SSSR count). The number of pyridine rings is 1. The third kappa shape index (κ3) is 4.30. The number of nitrogens with zero attached hydrogens (tertiary/aromatic N) is 1. The molecular formula is C15H26N2O. The van der Waals surface area contributed by atoms with Crippen molar-refractivity contribution in [3.8, 4) is 5.88 Å². The second kappa shape index (κ2) is 7.37. The fraction of sp³-hybridized carbons (Fsp3) is 0.667. The molecule has 1 aromatic heterocycles. The van der Waals surface area contributed by atoms with Gasteiger partial charge in [0.1, 0.15) is 0 Å². The summed E-state index contributed by atoms with van der Waals surface area (Å²) < 4.78 is 5.94. The summed E-state index contributed by atoms with van der Waals surface area (Å²) in [5.41, 5.74) is 3.46. The highest BCUT2D eigenvalue weighted by Gasteiger charge is 2.12. The smallest absolute Gasteiger partial charge is 0.218 e. The van der Waals surface area contributed by atoms with E-state index < -0.39 is 0 Å². The number of nitrogens with one attached hydrogen (secondary N) is 1. The van der Waals surface area contributed by atoms with Gasteiger partial charge in [0, 0.05) is 17.8 Å². The van der Waals surface area contributed by atoms with Crippen LogP contribution in [-0.4, -0.2) is 17.6 Å². The highest BCUT2D eigenvalue weighted by atomic mass is 16.5. The van der Waals surface area contributed by atoms with E-state index >= 15 is 0 Å². The minimum atomic E-state index is 0.212. The highest BCUT2D eigenvalue weighted by molar-refractivity contribution is 5.36.